The molecular weight excluding hydrogens is 334 g/mol. The first kappa shape index (κ1) is 17.6. The van der Waals surface area contributed by atoms with Crippen molar-refractivity contribution < 1.29 is 4.79 Å². The van der Waals surface area contributed by atoms with Crippen LogP contribution in [0.4, 0.5) is 5.69 Å². The summed E-state index contributed by atoms with van der Waals surface area (Å²) in [6.45, 7) is 3.78. The first-order valence-electron chi connectivity index (χ1n) is 7.32. The molecule has 23 heavy (non-hydrogen) atoms. The topological polar surface area (TPSA) is 74.8 Å². The van der Waals surface area contributed by atoms with E-state index >= 15 is 0 Å². The maximum atomic E-state index is 12.3. The lowest BCUT2D eigenvalue weighted by molar-refractivity contribution is -0.115. The average molecular weight is 352 g/mol. The van der Waals surface area contributed by atoms with Crippen molar-refractivity contribution in [2.45, 2.75) is 37.1 Å². The molecule has 0 aliphatic rings. The third-order valence-corrected chi connectivity index (χ3v) is 4.38. The number of carbonyl (C=O) groups excluding carboxylic acids is 1. The second-order valence-electron chi connectivity index (χ2n) is 5.02. The van der Waals surface area contributed by atoms with Crippen molar-refractivity contribution in [2.75, 3.05) is 5.32 Å². The molecule has 1 heterocycles. The normalized spacial score (nSPS) is 12.0. The molecule has 122 valence electrons. The number of aromatic nitrogens is 2. The molecule has 2 rings (SSSR count). The number of halogens is 1. The summed E-state index contributed by atoms with van der Waals surface area (Å²) in [5.41, 5.74) is 1.09. The van der Waals surface area contributed by atoms with E-state index in [1.54, 1.807) is 31.2 Å². The van der Waals surface area contributed by atoms with E-state index in [0.717, 1.165) is 18.5 Å². The van der Waals surface area contributed by atoms with Crippen LogP contribution < -0.4 is 10.9 Å². The zero-order chi connectivity index (χ0) is 16.8. The molecule has 0 radical (unpaired) electrons. The highest BCUT2D eigenvalue weighted by atomic mass is 35.5. The highest BCUT2D eigenvalue weighted by Crippen LogP contribution is 2.24. The van der Waals surface area contributed by atoms with Gasteiger partial charge in [-0.1, -0.05) is 48.8 Å². The molecule has 2 N–H and O–H groups in total. The van der Waals surface area contributed by atoms with E-state index < -0.39 is 5.25 Å². The van der Waals surface area contributed by atoms with E-state index in [0.29, 0.717) is 15.9 Å². The first-order valence-corrected chi connectivity index (χ1v) is 8.57. The summed E-state index contributed by atoms with van der Waals surface area (Å²) in [5.74, 6) is -0.202. The van der Waals surface area contributed by atoms with Crippen LogP contribution in [-0.4, -0.2) is 21.1 Å². The lowest BCUT2D eigenvalue weighted by Gasteiger charge is -2.12. The first-order chi connectivity index (χ1) is 11.0. The monoisotopic (exact) mass is 351 g/mol. The summed E-state index contributed by atoms with van der Waals surface area (Å²) in [5, 5.41) is 3.28. The third kappa shape index (κ3) is 5.11. The van der Waals surface area contributed by atoms with Crippen LogP contribution in [0.1, 0.15) is 26.0 Å². The second kappa shape index (κ2) is 8.17. The molecule has 0 bridgehead atoms. The van der Waals surface area contributed by atoms with Gasteiger partial charge in [-0.25, -0.2) is 4.98 Å². The van der Waals surface area contributed by atoms with E-state index in [2.05, 4.69) is 15.3 Å². The van der Waals surface area contributed by atoms with Crippen molar-refractivity contribution in [3.63, 3.8) is 0 Å². The highest BCUT2D eigenvalue weighted by Gasteiger charge is 2.17. The number of nitrogens with one attached hydrogen (secondary N) is 2. The molecule has 1 aromatic heterocycles. The predicted molar refractivity (Wildman–Crippen MR) is 94.3 cm³/mol. The van der Waals surface area contributed by atoms with Gasteiger partial charge < -0.3 is 10.3 Å². The Morgan fingerprint density at radius 1 is 1.43 bits per heavy atom. The SMILES string of the molecule is CCCc1cc(=O)[nH]c(S[C@H](C)C(=O)Nc2ccccc2Cl)n1. The van der Waals surface area contributed by atoms with Crippen molar-refractivity contribution >= 4 is 35.0 Å². The van der Waals surface area contributed by atoms with Gasteiger partial charge in [0.05, 0.1) is 16.0 Å². The number of nitrogens with zero attached hydrogens (tertiary/aromatic N) is 1. The minimum Gasteiger partial charge on any atom is -0.324 e. The molecule has 0 unspecified atom stereocenters. The predicted octanol–water partition coefficient (Wildman–Crippen LogP) is 3.50. The number of thioether (sulfide) groups is 1. The van der Waals surface area contributed by atoms with Crippen molar-refractivity contribution in [3.05, 3.63) is 51.4 Å². The number of rotatable bonds is 6. The highest BCUT2D eigenvalue weighted by molar-refractivity contribution is 8.00. The Labute approximate surface area is 143 Å². The van der Waals surface area contributed by atoms with Gasteiger partial charge in [0.1, 0.15) is 0 Å². The van der Waals surface area contributed by atoms with Gasteiger partial charge >= 0.3 is 0 Å². The quantitative estimate of drug-likeness (QED) is 0.617. The van der Waals surface area contributed by atoms with Gasteiger partial charge in [-0.3, -0.25) is 9.59 Å². The van der Waals surface area contributed by atoms with Gasteiger partial charge in [-0.2, -0.15) is 0 Å². The fourth-order valence-electron chi connectivity index (χ4n) is 1.94. The van der Waals surface area contributed by atoms with E-state index in [4.69, 9.17) is 11.6 Å². The molecule has 5 nitrogen and oxygen atoms in total. The van der Waals surface area contributed by atoms with E-state index in [-0.39, 0.29) is 11.5 Å². The Bertz CT molecular complexity index is 748. The average Bonchev–Trinajstić information content (AvgIpc) is 2.49. The van der Waals surface area contributed by atoms with Crippen LogP contribution in [0.2, 0.25) is 5.02 Å². The largest absolute Gasteiger partial charge is 0.324 e. The van der Waals surface area contributed by atoms with Crippen molar-refractivity contribution in [1.82, 2.24) is 9.97 Å². The number of carbonyl (C=O) groups is 1. The van der Waals surface area contributed by atoms with Gasteiger partial charge in [0, 0.05) is 11.8 Å². The van der Waals surface area contributed by atoms with Crippen molar-refractivity contribution in [1.29, 1.82) is 0 Å². The van der Waals surface area contributed by atoms with E-state index in [9.17, 15) is 9.59 Å². The molecule has 0 fully saturated rings. The van der Waals surface area contributed by atoms with Crippen LogP contribution >= 0.6 is 23.4 Å². The van der Waals surface area contributed by atoms with Crippen LogP contribution in [0.15, 0.2) is 40.3 Å². The second-order valence-corrected chi connectivity index (χ2v) is 6.76. The van der Waals surface area contributed by atoms with E-state index in [1.807, 2.05) is 6.92 Å². The zero-order valence-corrected chi connectivity index (χ0v) is 14.5. The van der Waals surface area contributed by atoms with Crippen LogP contribution in [0.25, 0.3) is 0 Å². The standard InChI is InChI=1S/C16H18ClN3O2S/c1-3-6-11-9-14(21)20-16(18-11)23-10(2)15(22)19-13-8-5-4-7-12(13)17/h4-5,7-10H,3,6H2,1-2H3,(H,19,22)(H,18,20,21)/t10-/m1/s1. The number of hydrogen-bond donors (Lipinski definition) is 2. The van der Waals surface area contributed by atoms with Crippen LogP contribution in [0.5, 0.6) is 0 Å². The zero-order valence-electron chi connectivity index (χ0n) is 12.9. The molecule has 0 spiro atoms. The number of benzene rings is 1. The number of anilines is 1. The maximum absolute atomic E-state index is 12.3. The van der Waals surface area contributed by atoms with Crippen molar-refractivity contribution in [2.24, 2.45) is 0 Å². The molecule has 0 aliphatic heterocycles. The number of aromatic amines is 1. The molecule has 1 aromatic carbocycles. The number of para-hydroxylation sites is 1. The molecule has 7 heteroatoms. The lowest BCUT2D eigenvalue weighted by atomic mass is 10.2. The maximum Gasteiger partial charge on any atom is 0.251 e. The number of aryl methyl sites for hydroxylation is 1. The molecule has 0 aliphatic carbocycles. The Kier molecular flexibility index (Phi) is 6.24. The molecule has 0 saturated carbocycles. The minimum atomic E-state index is -0.425. The Morgan fingerprint density at radius 3 is 2.87 bits per heavy atom. The smallest absolute Gasteiger partial charge is 0.251 e. The summed E-state index contributed by atoms with van der Waals surface area (Å²) >= 11 is 7.24. The van der Waals surface area contributed by atoms with Gasteiger partial charge in [0.25, 0.3) is 5.56 Å². The fourth-order valence-corrected chi connectivity index (χ4v) is 2.95. The third-order valence-electron chi connectivity index (χ3n) is 3.07. The Balaban J connectivity index is 2.06. The molecule has 2 aromatic rings. The number of hydrogen-bond acceptors (Lipinski definition) is 4. The van der Waals surface area contributed by atoms with Gasteiger partial charge in [0.2, 0.25) is 5.91 Å². The number of H-pyrrole nitrogens is 1. The molecule has 1 atom stereocenters. The van der Waals surface area contributed by atoms with Crippen LogP contribution in [0.3, 0.4) is 0 Å². The molecule has 0 saturated heterocycles. The van der Waals surface area contributed by atoms with Gasteiger partial charge in [0.15, 0.2) is 5.16 Å². The van der Waals surface area contributed by atoms with Gasteiger partial charge in [-0.05, 0) is 25.5 Å². The van der Waals surface area contributed by atoms with Gasteiger partial charge in [-0.15, -0.1) is 0 Å². The Morgan fingerprint density at radius 2 is 2.17 bits per heavy atom. The van der Waals surface area contributed by atoms with Crippen LogP contribution in [0, 0.1) is 0 Å². The van der Waals surface area contributed by atoms with Crippen LogP contribution in [-0.2, 0) is 11.2 Å². The Hall–Kier alpha value is -1.79. The molecular formula is C16H18ClN3O2S. The lowest BCUT2D eigenvalue weighted by Crippen LogP contribution is -2.23. The minimum absolute atomic E-state index is 0.202. The number of amides is 1. The summed E-state index contributed by atoms with van der Waals surface area (Å²) < 4.78 is 0. The fraction of sp³-hybridized carbons (Fsp3) is 0.312. The summed E-state index contributed by atoms with van der Waals surface area (Å²) in [4.78, 5) is 30.9. The van der Waals surface area contributed by atoms with E-state index in [1.165, 1.54) is 17.8 Å². The summed E-state index contributed by atoms with van der Waals surface area (Å²) in [6.07, 6.45) is 1.64. The molecule has 1 amide bonds. The summed E-state index contributed by atoms with van der Waals surface area (Å²) in [7, 11) is 0. The summed E-state index contributed by atoms with van der Waals surface area (Å²) in [6, 6.07) is 8.53. The van der Waals surface area contributed by atoms with Crippen molar-refractivity contribution in [3.8, 4) is 0 Å².